The van der Waals surface area contributed by atoms with Gasteiger partial charge >= 0.3 is 0 Å². The number of hydrogen-bond donors (Lipinski definition) is 1. The van der Waals surface area contributed by atoms with Crippen molar-refractivity contribution < 1.29 is 0 Å². The van der Waals surface area contributed by atoms with E-state index in [1.807, 2.05) is 36.7 Å². The van der Waals surface area contributed by atoms with Gasteiger partial charge in [0.1, 0.15) is 5.65 Å². The van der Waals surface area contributed by atoms with Crippen LogP contribution in [0, 0.1) is 0 Å². The van der Waals surface area contributed by atoms with Gasteiger partial charge in [-0.1, -0.05) is 13.0 Å². The third kappa shape index (κ3) is 2.13. The van der Waals surface area contributed by atoms with Gasteiger partial charge in [-0.3, -0.25) is 0 Å². The first kappa shape index (κ1) is 11.9. The Morgan fingerprint density at radius 2 is 2.16 bits per heavy atom. The number of nitrogens with two attached hydrogens (primary N) is 1. The highest BCUT2D eigenvalue weighted by atomic mass is 15.3. The molecule has 0 spiro atoms. The monoisotopic (exact) mass is 255 g/mol. The molecule has 0 radical (unpaired) electrons. The van der Waals surface area contributed by atoms with Gasteiger partial charge in [0.15, 0.2) is 5.82 Å². The molecule has 1 atom stereocenters. The molecule has 5 nitrogen and oxygen atoms in total. The molecule has 0 aliphatic carbocycles. The number of imidazole rings is 1. The molecule has 0 amide bonds. The van der Waals surface area contributed by atoms with Crippen LogP contribution in [0.15, 0.2) is 42.9 Å². The zero-order valence-electron chi connectivity index (χ0n) is 10.9. The molecule has 1 unspecified atom stereocenters. The minimum Gasteiger partial charge on any atom is -0.327 e. The Balaban J connectivity index is 2.17. The summed E-state index contributed by atoms with van der Waals surface area (Å²) in [7, 11) is 0. The van der Waals surface area contributed by atoms with Gasteiger partial charge in [0.25, 0.3) is 0 Å². The van der Waals surface area contributed by atoms with Crippen LogP contribution >= 0.6 is 0 Å². The Morgan fingerprint density at radius 1 is 1.26 bits per heavy atom. The molecule has 0 fully saturated rings. The second kappa shape index (κ2) is 4.85. The number of rotatable bonds is 4. The molecular weight excluding hydrogens is 238 g/mol. The maximum atomic E-state index is 6.11. The lowest BCUT2D eigenvalue weighted by Gasteiger charge is -2.10. The van der Waals surface area contributed by atoms with E-state index in [0.717, 1.165) is 30.0 Å². The fourth-order valence-electron chi connectivity index (χ4n) is 2.19. The predicted octanol–water partition coefficient (Wildman–Crippen LogP) is 1.80. The third-order valence-corrected chi connectivity index (χ3v) is 3.31. The molecule has 0 saturated carbocycles. The topological polar surface area (TPSA) is 61.1 Å². The van der Waals surface area contributed by atoms with Crippen molar-refractivity contribution in [2.75, 3.05) is 0 Å². The van der Waals surface area contributed by atoms with Crippen LogP contribution < -0.4 is 5.73 Å². The largest absolute Gasteiger partial charge is 0.327 e. The lowest BCUT2D eigenvalue weighted by molar-refractivity contribution is 0.629. The molecule has 5 heteroatoms. The maximum absolute atomic E-state index is 6.11. The highest BCUT2D eigenvalue weighted by Gasteiger charge is 2.15. The van der Waals surface area contributed by atoms with E-state index in [9.17, 15) is 0 Å². The van der Waals surface area contributed by atoms with Gasteiger partial charge in [0.05, 0.1) is 5.69 Å². The first-order valence-corrected chi connectivity index (χ1v) is 6.51. The second-order valence-corrected chi connectivity index (χ2v) is 4.63. The first-order chi connectivity index (χ1) is 9.29. The highest BCUT2D eigenvalue weighted by molar-refractivity contribution is 5.48. The van der Waals surface area contributed by atoms with Crippen LogP contribution in [0.5, 0.6) is 0 Å². The van der Waals surface area contributed by atoms with E-state index in [4.69, 9.17) is 5.73 Å². The molecule has 0 aliphatic heterocycles. The van der Waals surface area contributed by atoms with Gasteiger partial charge < -0.3 is 10.1 Å². The molecule has 19 heavy (non-hydrogen) atoms. The lowest BCUT2D eigenvalue weighted by atomic mass is 10.1. The summed E-state index contributed by atoms with van der Waals surface area (Å²) >= 11 is 0. The molecular formula is C14H17N5. The van der Waals surface area contributed by atoms with E-state index in [1.165, 1.54) is 0 Å². The number of pyridine rings is 1. The summed E-state index contributed by atoms with van der Waals surface area (Å²) in [6.45, 7) is 2.10. The van der Waals surface area contributed by atoms with Crippen molar-refractivity contribution in [3.8, 4) is 5.82 Å². The molecule has 3 aromatic heterocycles. The zero-order valence-corrected chi connectivity index (χ0v) is 10.9. The van der Waals surface area contributed by atoms with Gasteiger partial charge in [-0.15, -0.1) is 0 Å². The summed E-state index contributed by atoms with van der Waals surface area (Å²) < 4.78 is 3.89. The van der Waals surface area contributed by atoms with Crippen molar-refractivity contribution in [2.24, 2.45) is 5.73 Å². The average molecular weight is 255 g/mol. The highest BCUT2D eigenvalue weighted by Crippen LogP contribution is 2.18. The molecule has 98 valence electrons. The van der Waals surface area contributed by atoms with Gasteiger partial charge in [0.2, 0.25) is 0 Å². The minimum atomic E-state index is 0.134. The van der Waals surface area contributed by atoms with Crippen molar-refractivity contribution in [3.05, 3.63) is 48.5 Å². The Bertz CT molecular complexity index is 668. The van der Waals surface area contributed by atoms with E-state index < -0.39 is 0 Å². The van der Waals surface area contributed by atoms with E-state index in [0.29, 0.717) is 0 Å². The van der Waals surface area contributed by atoms with Gasteiger partial charge in [-0.25, -0.2) is 9.67 Å². The Morgan fingerprint density at radius 3 is 2.89 bits per heavy atom. The van der Waals surface area contributed by atoms with Gasteiger partial charge in [0, 0.05) is 31.1 Å². The summed E-state index contributed by atoms with van der Waals surface area (Å²) in [5.41, 5.74) is 8.13. The number of nitrogens with zero attached hydrogens (tertiary/aromatic N) is 4. The van der Waals surface area contributed by atoms with Gasteiger partial charge in [-0.2, -0.15) is 5.10 Å². The fourth-order valence-corrected chi connectivity index (χ4v) is 2.19. The quantitative estimate of drug-likeness (QED) is 0.773. The SMILES string of the molecule is CCC(N)Cc1c(-n2cccn2)nc2ccccn12. The lowest BCUT2D eigenvalue weighted by Crippen LogP contribution is -2.23. The molecule has 2 N–H and O–H groups in total. The maximum Gasteiger partial charge on any atom is 0.175 e. The summed E-state index contributed by atoms with van der Waals surface area (Å²) in [6, 6.07) is 8.01. The van der Waals surface area contributed by atoms with Crippen LogP contribution in [0.25, 0.3) is 11.5 Å². The van der Waals surface area contributed by atoms with Crippen LogP contribution in [0.2, 0.25) is 0 Å². The summed E-state index contributed by atoms with van der Waals surface area (Å²) in [6.07, 6.45) is 7.42. The first-order valence-electron chi connectivity index (χ1n) is 6.51. The van der Waals surface area contributed by atoms with Crippen LogP contribution in [0.3, 0.4) is 0 Å². The van der Waals surface area contributed by atoms with Crippen LogP contribution in [-0.2, 0) is 6.42 Å². The molecule has 3 aromatic rings. The second-order valence-electron chi connectivity index (χ2n) is 4.63. The molecule has 0 aromatic carbocycles. The molecule has 3 heterocycles. The normalized spacial score (nSPS) is 12.9. The van der Waals surface area contributed by atoms with Crippen LogP contribution in [0.1, 0.15) is 19.0 Å². The van der Waals surface area contributed by atoms with Crippen molar-refractivity contribution in [2.45, 2.75) is 25.8 Å². The third-order valence-electron chi connectivity index (χ3n) is 3.31. The smallest absolute Gasteiger partial charge is 0.175 e. The average Bonchev–Trinajstić information content (AvgIpc) is 3.06. The van der Waals surface area contributed by atoms with Crippen molar-refractivity contribution in [1.29, 1.82) is 0 Å². The minimum absolute atomic E-state index is 0.134. The number of fused-ring (bicyclic) bond motifs is 1. The van der Waals surface area contributed by atoms with Crippen LogP contribution in [0.4, 0.5) is 0 Å². The van der Waals surface area contributed by atoms with E-state index in [-0.39, 0.29) is 6.04 Å². The summed E-state index contributed by atoms with van der Waals surface area (Å²) in [4.78, 5) is 4.65. The molecule has 0 bridgehead atoms. The Labute approximate surface area is 111 Å². The van der Waals surface area contributed by atoms with Crippen molar-refractivity contribution in [1.82, 2.24) is 19.2 Å². The van der Waals surface area contributed by atoms with Gasteiger partial charge in [-0.05, 0) is 24.6 Å². The van der Waals surface area contributed by atoms with Crippen LogP contribution in [-0.4, -0.2) is 25.2 Å². The summed E-state index contributed by atoms with van der Waals surface area (Å²) in [5, 5.41) is 4.28. The Hall–Kier alpha value is -2.14. The standard InChI is InChI=1S/C14H17N5/c1-2-11(15)10-12-14(19-9-5-7-16-19)17-13-6-3-4-8-18(12)13/h3-9,11H,2,10,15H2,1H3. The molecule has 0 aliphatic rings. The van der Waals surface area contributed by atoms with E-state index in [1.54, 1.807) is 10.9 Å². The number of aromatic nitrogens is 4. The van der Waals surface area contributed by atoms with E-state index >= 15 is 0 Å². The Kier molecular flexibility index (Phi) is 3.05. The fraction of sp³-hybridized carbons (Fsp3) is 0.286. The summed E-state index contributed by atoms with van der Waals surface area (Å²) in [5.74, 6) is 0.861. The van der Waals surface area contributed by atoms with E-state index in [2.05, 4.69) is 21.4 Å². The van der Waals surface area contributed by atoms with Crippen molar-refractivity contribution >= 4 is 5.65 Å². The molecule has 0 saturated heterocycles. The number of hydrogen-bond acceptors (Lipinski definition) is 3. The van der Waals surface area contributed by atoms with Crippen molar-refractivity contribution in [3.63, 3.8) is 0 Å². The predicted molar refractivity (Wildman–Crippen MR) is 74.3 cm³/mol. The zero-order chi connectivity index (χ0) is 13.2. The molecule has 3 rings (SSSR count).